The Morgan fingerprint density at radius 1 is 1.29 bits per heavy atom. The minimum absolute atomic E-state index is 0.301. The van der Waals surface area contributed by atoms with Gasteiger partial charge in [-0.15, -0.1) is 23.1 Å². The smallest absolute Gasteiger partial charge is 0.223 e. The van der Waals surface area contributed by atoms with Crippen LogP contribution in [0, 0.1) is 0 Å². The number of hydrogen-bond donors (Lipinski definition) is 2. The van der Waals surface area contributed by atoms with Gasteiger partial charge in [0.1, 0.15) is 10.6 Å². The zero-order valence-corrected chi connectivity index (χ0v) is 13.5. The van der Waals surface area contributed by atoms with E-state index in [-0.39, 0.29) is 0 Å². The summed E-state index contributed by atoms with van der Waals surface area (Å²) < 4.78 is 0. The van der Waals surface area contributed by atoms with E-state index in [9.17, 15) is 0 Å². The second-order valence-corrected chi connectivity index (χ2v) is 6.57. The molecule has 0 spiro atoms. The highest BCUT2D eigenvalue weighted by Gasteiger charge is 2.10. The third-order valence-electron chi connectivity index (χ3n) is 3.14. The average molecular weight is 316 g/mol. The van der Waals surface area contributed by atoms with Gasteiger partial charge in [0.15, 0.2) is 0 Å². The Morgan fingerprint density at radius 3 is 2.90 bits per heavy atom. The first-order valence-electron chi connectivity index (χ1n) is 6.66. The summed E-state index contributed by atoms with van der Waals surface area (Å²) in [6.45, 7) is 2.14. The normalized spacial score (nSPS) is 11.0. The SMILES string of the molecule is CCc1cc2c(Nc3cccc(SC)c3)nc(N)nc2s1. The van der Waals surface area contributed by atoms with Crippen molar-refractivity contribution in [1.29, 1.82) is 0 Å². The lowest BCUT2D eigenvalue weighted by molar-refractivity contribution is 1.19. The van der Waals surface area contributed by atoms with Crippen molar-refractivity contribution in [3.8, 4) is 0 Å². The Hall–Kier alpha value is -1.79. The van der Waals surface area contributed by atoms with Crippen molar-refractivity contribution in [3.63, 3.8) is 0 Å². The molecule has 0 saturated carbocycles. The molecule has 21 heavy (non-hydrogen) atoms. The van der Waals surface area contributed by atoms with Crippen LogP contribution in [0.25, 0.3) is 10.2 Å². The minimum Gasteiger partial charge on any atom is -0.368 e. The van der Waals surface area contributed by atoms with Crippen LogP contribution in [0.15, 0.2) is 35.2 Å². The predicted molar refractivity (Wildman–Crippen MR) is 92.7 cm³/mol. The fraction of sp³-hybridized carbons (Fsp3) is 0.200. The van der Waals surface area contributed by atoms with E-state index >= 15 is 0 Å². The number of nitrogen functional groups attached to an aromatic ring is 1. The van der Waals surface area contributed by atoms with Gasteiger partial charge in [0.2, 0.25) is 5.95 Å². The number of aryl methyl sites for hydroxylation is 1. The Kier molecular flexibility index (Phi) is 3.98. The lowest BCUT2D eigenvalue weighted by atomic mass is 10.3. The number of thiophene rings is 1. The molecule has 0 unspecified atom stereocenters. The average Bonchev–Trinajstić information content (AvgIpc) is 2.90. The molecular formula is C15H16N4S2. The number of hydrogen-bond acceptors (Lipinski definition) is 6. The van der Waals surface area contributed by atoms with Crippen LogP contribution < -0.4 is 11.1 Å². The maximum atomic E-state index is 5.83. The molecule has 6 heteroatoms. The fourth-order valence-corrected chi connectivity index (χ4v) is 3.53. The minimum atomic E-state index is 0.301. The molecular weight excluding hydrogens is 300 g/mol. The third-order valence-corrected chi connectivity index (χ3v) is 5.04. The highest BCUT2D eigenvalue weighted by Crippen LogP contribution is 2.32. The summed E-state index contributed by atoms with van der Waals surface area (Å²) in [5, 5.41) is 4.39. The van der Waals surface area contributed by atoms with Crippen molar-refractivity contribution in [2.24, 2.45) is 0 Å². The number of nitrogens with two attached hydrogens (primary N) is 1. The molecule has 0 aliphatic rings. The summed E-state index contributed by atoms with van der Waals surface area (Å²) in [7, 11) is 0. The van der Waals surface area contributed by atoms with Gasteiger partial charge in [0, 0.05) is 15.5 Å². The molecule has 0 radical (unpaired) electrons. The number of aromatic nitrogens is 2. The molecule has 2 heterocycles. The van der Waals surface area contributed by atoms with Gasteiger partial charge in [0.25, 0.3) is 0 Å². The topological polar surface area (TPSA) is 63.8 Å². The number of rotatable bonds is 4. The largest absolute Gasteiger partial charge is 0.368 e. The first-order chi connectivity index (χ1) is 10.2. The van der Waals surface area contributed by atoms with Gasteiger partial charge in [-0.1, -0.05) is 13.0 Å². The molecule has 0 bridgehead atoms. The first-order valence-corrected chi connectivity index (χ1v) is 8.70. The van der Waals surface area contributed by atoms with Gasteiger partial charge in [-0.3, -0.25) is 0 Å². The van der Waals surface area contributed by atoms with Crippen molar-refractivity contribution in [1.82, 2.24) is 9.97 Å². The molecule has 0 amide bonds. The molecule has 0 saturated heterocycles. The standard InChI is InChI=1S/C15H16N4S2/c1-3-10-8-12-13(18-15(16)19-14(12)21-10)17-9-5-4-6-11(7-9)20-2/h4-8H,3H2,1-2H3,(H3,16,17,18,19). The number of anilines is 3. The Bertz CT molecular complexity index is 782. The summed E-state index contributed by atoms with van der Waals surface area (Å²) in [4.78, 5) is 12.1. The maximum Gasteiger partial charge on any atom is 0.223 e. The summed E-state index contributed by atoms with van der Waals surface area (Å²) in [5.41, 5.74) is 6.83. The van der Waals surface area contributed by atoms with Crippen molar-refractivity contribution in [3.05, 3.63) is 35.2 Å². The molecule has 3 aromatic rings. The van der Waals surface area contributed by atoms with Crippen LogP contribution in [0.2, 0.25) is 0 Å². The lowest BCUT2D eigenvalue weighted by Crippen LogP contribution is -2.00. The maximum absolute atomic E-state index is 5.83. The molecule has 3 N–H and O–H groups in total. The van der Waals surface area contributed by atoms with E-state index < -0.39 is 0 Å². The van der Waals surface area contributed by atoms with Crippen LogP contribution in [0.3, 0.4) is 0 Å². The van der Waals surface area contributed by atoms with Crippen LogP contribution in [0.5, 0.6) is 0 Å². The van der Waals surface area contributed by atoms with E-state index in [0.29, 0.717) is 5.95 Å². The zero-order valence-electron chi connectivity index (χ0n) is 11.9. The molecule has 0 aliphatic heterocycles. The van der Waals surface area contributed by atoms with Crippen molar-refractivity contribution >= 4 is 50.8 Å². The van der Waals surface area contributed by atoms with Gasteiger partial charge in [-0.05, 0) is 36.9 Å². The molecule has 2 aromatic heterocycles. The number of thioether (sulfide) groups is 1. The summed E-state index contributed by atoms with van der Waals surface area (Å²) in [6, 6.07) is 10.4. The quantitative estimate of drug-likeness (QED) is 0.703. The van der Waals surface area contributed by atoms with E-state index in [1.54, 1.807) is 23.1 Å². The van der Waals surface area contributed by atoms with Crippen LogP contribution in [-0.2, 0) is 6.42 Å². The van der Waals surface area contributed by atoms with Crippen LogP contribution in [0.1, 0.15) is 11.8 Å². The monoisotopic (exact) mass is 316 g/mol. The molecule has 4 nitrogen and oxygen atoms in total. The van der Waals surface area contributed by atoms with Gasteiger partial charge in [-0.2, -0.15) is 4.98 Å². The molecule has 0 atom stereocenters. The van der Waals surface area contributed by atoms with Gasteiger partial charge in [-0.25, -0.2) is 4.98 Å². The van der Waals surface area contributed by atoms with Crippen LogP contribution in [-0.4, -0.2) is 16.2 Å². The van der Waals surface area contributed by atoms with Crippen LogP contribution in [0.4, 0.5) is 17.5 Å². The van der Waals surface area contributed by atoms with E-state index in [1.807, 2.05) is 12.1 Å². The van der Waals surface area contributed by atoms with E-state index in [2.05, 4.69) is 46.7 Å². The molecule has 0 fully saturated rings. The van der Waals surface area contributed by atoms with Crippen molar-refractivity contribution < 1.29 is 0 Å². The third kappa shape index (κ3) is 2.96. The predicted octanol–water partition coefficient (Wildman–Crippen LogP) is 4.30. The number of nitrogens with zero attached hydrogens (tertiary/aromatic N) is 2. The number of benzene rings is 1. The highest BCUT2D eigenvalue weighted by molar-refractivity contribution is 7.98. The molecule has 108 valence electrons. The lowest BCUT2D eigenvalue weighted by Gasteiger charge is -2.08. The molecule has 1 aromatic carbocycles. The number of fused-ring (bicyclic) bond motifs is 1. The first kappa shape index (κ1) is 14.2. The van der Waals surface area contributed by atoms with Crippen LogP contribution >= 0.6 is 23.1 Å². The van der Waals surface area contributed by atoms with Gasteiger partial charge in [0.05, 0.1) is 5.39 Å². The van der Waals surface area contributed by atoms with E-state index in [4.69, 9.17) is 5.73 Å². The van der Waals surface area contributed by atoms with E-state index in [1.165, 1.54) is 9.77 Å². The highest BCUT2D eigenvalue weighted by atomic mass is 32.2. The Balaban J connectivity index is 2.04. The van der Waals surface area contributed by atoms with E-state index in [0.717, 1.165) is 28.1 Å². The summed E-state index contributed by atoms with van der Waals surface area (Å²) in [6.07, 6.45) is 3.05. The van der Waals surface area contributed by atoms with Crippen molar-refractivity contribution in [2.45, 2.75) is 18.2 Å². The fourth-order valence-electron chi connectivity index (χ4n) is 2.09. The molecule has 0 aliphatic carbocycles. The second-order valence-electron chi connectivity index (χ2n) is 4.57. The van der Waals surface area contributed by atoms with Gasteiger partial charge < -0.3 is 11.1 Å². The van der Waals surface area contributed by atoms with Gasteiger partial charge >= 0.3 is 0 Å². The van der Waals surface area contributed by atoms with Crippen molar-refractivity contribution in [2.75, 3.05) is 17.3 Å². The Morgan fingerprint density at radius 2 is 2.14 bits per heavy atom. The summed E-state index contributed by atoms with van der Waals surface area (Å²) in [5.74, 6) is 1.07. The molecule has 3 rings (SSSR count). The number of nitrogens with one attached hydrogen (secondary N) is 1. The Labute approximate surface area is 131 Å². The second kappa shape index (κ2) is 5.91. The zero-order chi connectivity index (χ0) is 14.8. The summed E-state index contributed by atoms with van der Waals surface area (Å²) >= 11 is 3.38.